The fourth-order valence-electron chi connectivity index (χ4n) is 3.47. The van der Waals surface area contributed by atoms with Gasteiger partial charge in [0.05, 0.1) is 24.4 Å². The van der Waals surface area contributed by atoms with Gasteiger partial charge in [-0.3, -0.25) is 14.5 Å². The Labute approximate surface area is 163 Å². The number of Topliss-reactive ketones (excluding diaryl/α,β-unsaturated/α-hetero) is 1. The molecule has 0 fully saturated rings. The fraction of sp³-hybridized carbons (Fsp3) is 0.273. The molecule has 0 saturated carbocycles. The van der Waals surface area contributed by atoms with Gasteiger partial charge in [0.1, 0.15) is 11.5 Å². The second-order valence-corrected chi connectivity index (χ2v) is 7.09. The lowest BCUT2D eigenvalue weighted by Gasteiger charge is -2.28. The highest BCUT2D eigenvalue weighted by Crippen LogP contribution is 2.46. The number of hydrogen-bond donors (Lipinski definition) is 2. The summed E-state index contributed by atoms with van der Waals surface area (Å²) in [6.45, 7) is 3.79. The minimum absolute atomic E-state index is 0.0199. The number of phenols is 1. The first-order valence-electron chi connectivity index (χ1n) is 9.07. The average molecular weight is 381 g/mol. The number of ketones is 1. The highest BCUT2D eigenvalue weighted by molar-refractivity contribution is 6.17. The van der Waals surface area contributed by atoms with Gasteiger partial charge in [0.2, 0.25) is 0 Å². The van der Waals surface area contributed by atoms with Crippen LogP contribution in [0.2, 0.25) is 0 Å². The summed E-state index contributed by atoms with van der Waals surface area (Å²) in [4.78, 5) is 27.2. The van der Waals surface area contributed by atoms with E-state index in [0.717, 1.165) is 0 Å². The number of rotatable bonds is 6. The summed E-state index contributed by atoms with van der Waals surface area (Å²) in [5.74, 6) is -1.23. The van der Waals surface area contributed by atoms with Crippen molar-refractivity contribution < 1.29 is 24.5 Å². The van der Waals surface area contributed by atoms with Crippen molar-refractivity contribution >= 4 is 17.4 Å². The molecular weight excluding hydrogens is 358 g/mol. The molecule has 0 radical (unpaired) electrons. The van der Waals surface area contributed by atoms with Crippen molar-refractivity contribution in [2.75, 3.05) is 12.0 Å². The summed E-state index contributed by atoms with van der Waals surface area (Å²) in [5.41, 5.74) is 0.784. The van der Waals surface area contributed by atoms with E-state index in [0.29, 0.717) is 11.3 Å². The van der Waals surface area contributed by atoms with Crippen molar-refractivity contribution in [1.29, 1.82) is 0 Å². The molecule has 1 amide bonds. The number of aliphatic hydroxyl groups is 1. The normalized spacial score (nSPS) is 16.8. The third-order valence-corrected chi connectivity index (χ3v) is 4.68. The molecular formula is C22H23NO5. The molecule has 0 aromatic heterocycles. The zero-order chi connectivity index (χ0) is 20.4. The lowest BCUT2D eigenvalue weighted by Crippen LogP contribution is -2.31. The molecule has 6 nitrogen and oxygen atoms in total. The van der Waals surface area contributed by atoms with Crippen molar-refractivity contribution in [2.45, 2.75) is 26.3 Å². The predicted molar refractivity (Wildman–Crippen MR) is 105 cm³/mol. The summed E-state index contributed by atoms with van der Waals surface area (Å²) in [7, 11) is 1.50. The molecule has 0 saturated heterocycles. The number of amides is 1. The average Bonchev–Trinajstić information content (AvgIpc) is 2.92. The molecule has 0 spiro atoms. The van der Waals surface area contributed by atoms with Gasteiger partial charge in [-0.15, -0.1) is 0 Å². The fourth-order valence-corrected chi connectivity index (χ4v) is 3.47. The quantitative estimate of drug-likeness (QED) is 0.792. The molecule has 6 heteroatoms. The third-order valence-electron chi connectivity index (χ3n) is 4.68. The highest BCUT2D eigenvalue weighted by Gasteiger charge is 2.45. The number of methoxy groups -OCH3 is 1. The van der Waals surface area contributed by atoms with Crippen molar-refractivity contribution in [1.82, 2.24) is 0 Å². The number of anilines is 1. The van der Waals surface area contributed by atoms with Gasteiger partial charge in [0, 0.05) is 12.0 Å². The van der Waals surface area contributed by atoms with Crippen LogP contribution in [-0.4, -0.2) is 29.0 Å². The van der Waals surface area contributed by atoms with Gasteiger partial charge < -0.3 is 14.9 Å². The van der Waals surface area contributed by atoms with Gasteiger partial charge in [0.15, 0.2) is 11.5 Å². The maximum atomic E-state index is 13.0. The van der Waals surface area contributed by atoms with Crippen LogP contribution in [0.5, 0.6) is 11.5 Å². The summed E-state index contributed by atoms with van der Waals surface area (Å²) in [5, 5.41) is 20.9. The van der Waals surface area contributed by atoms with Gasteiger partial charge in [-0.05, 0) is 24.1 Å². The molecule has 1 atom stereocenters. The minimum Gasteiger partial charge on any atom is -0.506 e. The van der Waals surface area contributed by atoms with Gasteiger partial charge in [-0.2, -0.15) is 0 Å². The van der Waals surface area contributed by atoms with Crippen LogP contribution < -0.4 is 9.64 Å². The number of aliphatic hydroxyl groups excluding tert-OH is 1. The number of nitrogens with zero attached hydrogens (tertiary/aromatic N) is 1. The Bertz CT molecular complexity index is 947. The number of carbonyl (C=O) groups is 2. The number of benzene rings is 2. The maximum Gasteiger partial charge on any atom is 0.294 e. The zero-order valence-corrected chi connectivity index (χ0v) is 16.0. The first-order valence-corrected chi connectivity index (χ1v) is 9.07. The smallest absolute Gasteiger partial charge is 0.294 e. The molecule has 2 N–H and O–H groups in total. The molecule has 2 aromatic rings. The van der Waals surface area contributed by atoms with E-state index in [1.165, 1.54) is 18.1 Å². The van der Waals surface area contributed by atoms with Gasteiger partial charge in [-0.25, -0.2) is 0 Å². The lowest BCUT2D eigenvalue weighted by atomic mass is 9.91. The number of para-hydroxylation sites is 3. The second-order valence-electron chi connectivity index (χ2n) is 7.09. The van der Waals surface area contributed by atoms with Gasteiger partial charge in [0.25, 0.3) is 5.91 Å². The molecule has 1 aliphatic rings. The standard InChI is InChI=1S/C22H23NO5/c1-13(2)12-17(25)19-20(14-8-4-7-11-18(14)28-3)23(22(27)21(19)26)15-9-5-6-10-16(15)24/h4-11,13,20,24,26H,12H2,1-3H3. The van der Waals surface area contributed by atoms with E-state index in [2.05, 4.69) is 0 Å². The molecule has 146 valence electrons. The van der Waals surface area contributed by atoms with Gasteiger partial charge >= 0.3 is 0 Å². The van der Waals surface area contributed by atoms with Gasteiger partial charge in [-0.1, -0.05) is 44.2 Å². The first kappa shape index (κ1) is 19.5. The largest absolute Gasteiger partial charge is 0.506 e. The number of ether oxygens (including phenoxy) is 1. The molecule has 3 rings (SSSR count). The Kier molecular flexibility index (Phi) is 5.40. The summed E-state index contributed by atoms with van der Waals surface area (Å²) in [6, 6.07) is 12.4. The Hall–Kier alpha value is -3.28. The summed E-state index contributed by atoms with van der Waals surface area (Å²) < 4.78 is 5.44. The number of phenolic OH excluding ortho intramolecular Hbond substituents is 1. The van der Waals surface area contributed by atoms with E-state index in [1.54, 1.807) is 42.5 Å². The Morgan fingerprint density at radius 2 is 1.75 bits per heavy atom. The van der Waals surface area contributed by atoms with E-state index in [4.69, 9.17) is 4.74 Å². The van der Waals surface area contributed by atoms with Crippen LogP contribution in [0.4, 0.5) is 5.69 Å². The Balaban J connectivity index is 2.22. The third kappa shape index (κ3) is 3.33. The van der Waals surface area contributed by atoms with E-state index >= 15 is 0 Å². The highest BCUT2D eigenvalue weighted by atomic mass is 16.5. The number of carbonyl (C=O) groups excluding carboxylic acids is 2. The van der Waals surface area contributed by atoms with Crippen molar-refractivity contribution in [2.24, 2.45) is 5.92 Å². The molecule has 1 heterocycles. The predicted octanol–water partition coefficient (Wildman–Crippen LogP) is 3.92. The Morgan fingerprint density at radius 1 is 1.11 bits per heavy atom. The SMILES string of the molecule is COc1ccccc1C1C(C(=O)CC(C)C)=C(O)C(=O)N1c1ccccc1O. The summed E-state index contributed by atoms with van der Waals surface area (Å²) in [6.07, 6.45) is 0.187. The monoisotopic (exact) mass is 381 g/mol. The van der Waals surface area contributed by atoms with Crippen LogP contribution in [0, 0.1) is 5.92 Å². The molecule has 0 aliphatic carbocycles. The second kappa shape index (κ2) is 7.76. The summed E-state index contributed by atoms with van der Waals surface area (Å²) >= 11 is 0. The molecule has 28 heavy (non-hydrogen) atoms. The van der Waals surface area contributed by atoms with Crippen LogP contribution in [0.1, 0.15) is 31.9 Å². The van der Waals surface area contributed by atoms with Crippen LogP contribution >= 0.6 is 0 Å². The zero-order valence-electron chi connectivity index (χ0n) is 16.0. The Morgan fingerprint density at radius 3 is 2.39 bits per heavy atom. The van der Waals surface area contributed by atoms with Crippen LogP contribution in [-0.2, 0) is 9.59 Å². The molecule has 0 bridgehead atoms. The number of aromatic hydroxyl groups is 1. The molecule has 1 aliphatic heterocycles. The van der Waals surface area contributed by atoms with Crippen LogP contribution in [0.25, 0.3) is 0 Å². The van der Waals surface area contributed by atoms with Crippen molar-refractivity contribution in [3.8, 4) is 11.5 Å². The molecule has 1 unspecified atom stereocenters. The van der Waals surface area contributed by atoms with Crippen LogP contribution in [0.3, 0.4) is 0 Å². The first-order chi connectivity index (χ1) is 13.4. The lowest BCUT2D eigenvalue weighted by molar-refractivity contribution is -0.118. The van der Waals surface area contributed by atoms with Crippen LogP contribution in [0.15, 0.2) is 59.9 Å². The number of hydrogen-bond acceptors (Lipinski definition) is 5. The minimum atomic E-state index is -0.900. The van der Waals surface area contributed by atoms with E-state index in [-0.39, 0.29) is 35.1 Å². The van der Waals surface area contributed by atoms with Crippen molar-refractivity contribution in [3.63, 3.8) is 0 Å². The van der Waals surface area contributed by atoms with Crippen molar-refractivity contribution in [3.05, 3.63) is 65.4 Å². The van der Waals surface area contributed by atoms with E-state index in [9.17, 15) is 19.8 Å². The van der Waals surface area contributed by atoms with E-state index < -0.39 is 17.7 Å². The molecule has 2 aromatic carbocycles. The topological polar surface area (TPSA) is 87.1 Å². The maximum absolute atomic E-state index is 13.0. The van der Waals surface area contributed by atoms with E-state index in [1.807, 2.05) is 13.8 Å².